The minimum Gasteiger partial charge on any atom is -0.493 e. The van der Waals surface area contributed by atoms with Gasteiger partial charge in [0.15, 0.2) is 11.5 Å². The molecule has 0 aliphatic heterocycles. The standard InChI is InChI=1S/C24H26FNO2.ClH/c1-18-6-8-20(9-7-18)17-28-24-21(4-3-5-23(24)27-2)16-26-15-14-19-10-12-22(25)13-11-19;/h3-13,26H,14-17H2,1-2H3;1H. The van der Waals surface area contributed by atoms with Crippen molar-refractivity contribution in [2.75, 3.05) is 13.7 Å². The zero-order valence-electron chi connectivity index (χ0n) is 16.8. The fourth-order valence-corrected chi connectivity index (χ4v) is 2.97. The molecule has 0 heterocycles. The Hall–Kier alpha value is -2.56. The summed E-state index contributed by atoms with van der Waals surface area (Å²) in [6.45, 7) is 4.02. The molecule has 0 saturated carbocycles. The summed E-state index contributed by atoms with van der Waals surface area (Å²) >= 11 is 0. The Labute approximate surface area is 178 Å². The van der Waals surface area contributed by atoms with Gasteiger partial charge in [-0.1, -0.05) is 54.1 Å². The van der Waals surface area contributed by atoms with E-state index >= 15 is 0 Å². The molecule has 5 heteroatoms. The third-order valence-electron chi connectivity index (χ3n) is 4.60. The van der Waals surface area contributed by atoms with Crippen LogP contribution in [0.3, 0.4) is 0 Å². The number of nitrogens with one attached hydrogen (secondary N) is 1. The van der Waals surface area contributed by atoms with E-state index in [0.717, 1.165) is 41.2 Å². The molecule has 0 amide bonds. The van der Waals surface area contributed by atoms with Crippen LogP contribution in [-0.4, -0.2) is 13.7 Å². The Morgan fingerprint density at radius 2 is 1.59 bits per heavy atom. The number of methoxy groups -OCH3 is 1. The van der Waals surface area contributed by atoms with Crippen molar-refractivity contribution in [1.29, 1.82) is 0 Å². The van der Waals surface area contributed by atoms with Gasteiger partial charge in [0.05, 0.1) is 7.11 Å². The molecule has 0 aliphatic rings. The van der Waals surface area contributed by atoms with Crippen molar-refractivity contribution >= 4 is 12.4 Å². The molecule has 0 radical (unpaired) electrons. The van der Waals surface area contributed by atoms with Crippen molar-refractivity contribution in [1.82, 2.24) is 5.32 Å². The molecule has 3 aromatic carbocycles. The summed E-state index contributed by atoms with van der Waals surface area (Å²) in [5.74, 6) is 1.29. The van der Waals surface area contributed by atoms with E-state index in [4.69, 9.17) is 9.47 Å². The van der Waals surface area contributed by atoms with Crippen molar-refractivity contribution in [2.24, 2.45) is 0 Å². The monoisotopic (exact) mass is 415 g/mol. The van der Waals surface area contributed by atoms with Gasteiger partial charge in [-0.3, -0.25) is 0 Å². The zero-order chi connectivity index (χ0) is 19.8. The second-order valence-electron chi connectivity index (χ2n) is 6.78. The largest absolute Gasteiger partial charge is 0.493 e. The quantitative estimate of drug-likeness (QED) is 0.469. The van der Waals surface area contributed by atoms with Crippen LogP contribution in [0.2, 0.25) is 0 Å². The molecule has 0 bridgehead atoms. The van der Waals surface area contributed by atoms with Gasteiger partial charge in [-0.2, -0.15) is 0 Å². The van der Waals surface area contributed by atoms with E-state index in [9.17, 15) is 4.39 Å². The van der Waals surface area contributed by atoms with Gasteiger partial charge in [0, 0.05) is 12.1 Å². The SMILES string of the molecule is COc1cccc(CNCCc2ccc(F)cc2)c1OCc1ccc(C)cc1.Cl. The predicted molar refractivity (Wildman–Crippen MR) is 118 cm³/mol. The van der Waals surface area contributed by atoms with Gasteiger partial charge in [-0.25, -0.2) is 4.39 Å². The number of hydrogen-bond acceptors (Lipinski definition) is 3. The summed E-state index contributed by atoms with van der Waals surface area (Å²) in [6, 6.07) is 20.9. The normalized spacial score (nSPS) is 10.3. The lowest BCUT2D eigenvalue weighted by Gasteiger charge is -2.16. The van der Waals surface area contributed by atoms with E-state index in [-0.39, 0.29) is 18.2 Å². The fourth-order valence-electron chi connectivity index (χ4n) is 2.97. The van der Waals surface area contributed by atoms with Crippen LogP contribution in [0.4, 0.5) is 4.39 Å². The molecule has 0 saturated heterocycles. The lowest BCUT2D eigenvalue weighted by atomic mass is 10.1. The van der Waals surface area contributed by atoms with Crippen molar-refractivity contribution in [3.05, 3.63) is 94.8 Å². The molecule has 0 atom stereocenters. The maximum Gasteiger partial charge on any atom is 0.166 e. The van der Waals surface area contributed by atoms with Crippen molar-refractivity contribution in [3.63, 3.8) is 0 Å². The highest BCUT2D eigenvalue weighted by Gasteiger charge is 2.11. The van der Waals surface area contributed by atoms with Crippen LogP contribution in [0.15, 0.2) is 66.7 Å². The van der Waals surface area contributed by atoms with Gasteiger partial charge in [-0.15, -0.1) is 12.4 Å². The van der Waals surface area contributed by atoms with Crippen molar-refractivity contribution in [2.45, 2.75) is 26.5 Å². The Kier molecular flexibility index (Phi) is 8.97. The first-order valence-corrected chi connectivity index (χ1v) is 9.45. The summed E-state index contributed by atoms with van der Waals surface area (Å²) in [7, 11) is 1.65. The van der Waals surface area contributed by atoms with E-state index in [1.54, 1.807) is 7.11 Å². The van der Waals surface area contributed by atoms with Crippen LogP contribution in [0.25, 0.3) is 0 Å². The molecule has 3 rings (SSSR count). The molecule has 0 aromatic heterocycles. The minimum absolute atomic E-state index is 0. The number of para-hydroxylation sites is 1. The smallest absolute Gasteiger partial charge is 0.166 e. The molecule has 0 unspecified atom stereocenters. The zero-order valence-corrected chi connectivity index (χ0v) is 17.6. The Morgan fingerprint density at radius 3 is 2.28 bits per heavy atom. The number of benzene rings is 3. The van der Waals surface area contributed by atoms with E-state index in [2.05, 4.69) is 36.5 Å². The highest BCUT2D eigenvalue weighted by molar-refractivity contribution is 5.85. The van der Waals surface area contributed by atoms with Gasteiger partial charge in [0.25, 0.3) is 0 Å². The third-order valence-corrected chi connectivity index (χ3v) is 4.60. The fraction of sp³-hybridized carbons (Fsp3) is 0.250. The van der Waals surface area contributed by atoms with Crippen LogP contribution < -0.4 is 14.8 Å². The number of hydrogen-bond donors (Lipinski definition) is 1. The Balaban J connectivity index is 0.00000300. The van der Waals surface area contributed by atoms with Crippen LogP contribution in [-0.2, 0) is 19.6 Å². The van der Waals surface area contributed by atoms with E-state index < -0.39 is 0 Å². The first kappa shape index (κ1) is 22.7. The minimum atomic E-state index is -0.205. The average molecular weight is 416 g/mol. The summed E-state index contributed by atoms with van der Waals surface area (Å²) in [6.07, 6.45) is 0.837. The molecule has 0 aliphatic carbocycles. The average Bonchev–Trinajstić information content (AvgIpc) is 2.72. The van der Waals surface area contributed by atoms with Crippen LogP contribution >= 0.6 is 12.4 Å². The number of ether oxygens (including phenoxy) is 2. The lowest BCUT2D eigenvalue weighted by Crippen LogP contribution is -2.17. The first-order valence-electron chi connectivity index (χ1n) is 9.45. The lowest BCUT2D eigenvalue weighted by molar-refractivity contribution is 0.280. The summed E-state index contributed by atoms with van der Waals surface area (Å²) in [4.78, 5) is 0. The molecule has 29 heavy (non-hydrogen) atoms. The number of halogens is 2. The van der Waals surface area contributed by atoms with Gasteiger partial charge in [-0.05, 0) is 49.2 Å². The molecular weight excluding hydrogens is 389 g/mol. The topological polar surface area (TPSA) is 30.5 Å². The maximum atomic E-state index is 13.0. The number of aryl methyl sites for hydroxylation is 1. The highest BCUT2D eigenvalue weighted by Crippen LogP contribution is 2.31. The number of rotatable bonds is 9. The van der Waals surface area contributed by atoms with Crippen LogP contribution in [0.1, 0.15) is 22.3 Å². The van der Waals surface area contributed by atoms with E-state index in [0.29, 0.717) is 13.2 Å². The Morgan fingerprint density at radius 1 is 0.897 bits per heavy atom. The van der Waals surface area contributed by atoms with E-state index in [1.807, 2.05) is 30.3 Å². The highest BCUT2D eigenvalue weighted by atomic mass is 35.5. The second kappa shape index (κ2) is 11.4. The molecule has 0 spiro atoms. The van der Waals surface area contributed by atoms with Crippen LogP contribution in [0, 0.1) is 12.7 Å². The summed E-state index contributed by atoms with van der Waals surface area (Å²) in [5, 5.41) is 3.43. The van der Waals surface area contributed by atoms with Gasteiger partial charge < -0.3 is 14.8 Å². The maximum absolute atomic E-state index is 13.0. The van der Waals surface area contributed by atoms with E-state index in [1.165, 1.54) is 17.7 Å². The third kappa shape index (κ3) is 6.77. The molecule has 0 fully saturated rings. The molecular formula is C24H27ClFNO2. The summed E-state index contributed by atoms with van der Waals surface area (Å²) in [5.41, 5.74) is 4.50. The molecule has 1 N–H and O–H groups in total. The Bertz CT molecular complexity index is 882. The first-order chi connectivity index (χ1) is 13.7. The van der Waals surface area contributed by atoms with Gasteiger partial charge >= 0.3 is 0 Å². The van der Waals surface area contributed by atoms with Crippen LogP contribution in [0.5, 0.6) is 11.5 Å². The van der Waals surface area contributed by atoms with Crippen molar-refractivity contribution < 1.29 is 13.9 Å². The predicted octanol–water partition coefficient (Wildman–Crippen LogP) is 5.48. The second-order valence-corrected chi connectivity index (χ2v) is 6.78. The van der Waals surface area contributed by atoms with Crippen molar-refractivity contribution in [3.8, 4) is 11.5 Å². The molecule has 3 nitrogen and oxygen atoms in total. The molecule has 3 aromatic rings. The van der Waals surface area contributed by atoms with Gasteiger partial charge in [0.1, 0.15) is 12.4 Å². The molecule has 154 valence electrons. The van der Waals surface area contributed by atoms with Gasteiger partial charge in [0.2, 0.25) is 0 Å². The summed E-state index contributed by atoms with van der Waals surface area (Å²) < 4.78 is 24.6.